The van der Waals surface area contributed by atoms with Crippen LogP contribution in [0.1, 0.15) is 36.9 Å². The first-order chi connectivity index (χ1) is 15.7. The molecule has 2 aliphatic rings. The standard InChI is InChI=1S/C22H22F2N8/c23-14-3-4-18(24)16(10-14)20-2-1-8-30(20)21-6-9-31-22(27-21)17(12-26-31)19-13-32(29-28-19)15-5-7-25-11-15/h3-4,6,9-10,12-13,15,20,25H,1-2,5,7-8,11H2/t15?,20-/m1/s1. The van der Waals surface area contributed by atoms with Gasteiger partial charge in [0.15, 0.2) is 5.65 Å². The normalized spacial score (nSPS) is 21.1. The number of nitrogens with zero attached hydrogens (tertiary/aromatic N) is 7. The Kier molecular flexibility index (Phi) is 4.60. The summed E-state index contributed by atoms with van der Waals surface area (Å²) in [5, 5.41) is 16.4. The minimum absolute atomic E-state index is 0.261. The zero-order chi connectivity index (χ0) is 21.7. The van der Waals surface area contributed by atoms with Gasteiger partial charge in [-0.25, -0.2) is 23.0 Å². The molecule has 2 fully saturated rings. The van der Waals surface area contributed by atoms with Crippen molar-refractivity contribution in [3.63, 3.8) is 0 Å². The molecule has 3 aromatic heterocycles. The summed E-state index contributed by atoms with van der Waals surface area (Å²) in [5.41, 5.74) is 2.53. The highest BCUT2D eigenvalue weighted by molar-refractivity contribution is 5.74. The van der Waals surface area contributed by atoms with Crippen LogP contribution in [0.4, 0.5) is 14.6 Å². The predicted octanol–water partition coefficient (Wildman–Crippen LogP) is 3.14. The molecular formula is C22H22F2N8. The maximum Gasteiger partial charge on any atom is 0.166 e. The van der Waals surface area contributed by atoms with Crippen LogP contribution in [-0.4, -0.2) is 49.2 Å². The van der Waals surface area contributed by atoms with Crippen molar-refractivity contribution in [3.05, 3.63) is 60.1 Å². The number of fused-ring (bicyclic) bond motifs is 1. The van der Waals surface area contributed by atoms with Gasteiger partial charge < -0.3 is 10.2 Å². The van der Waals surface area contributed by atoms with Crippen molar-refractivity contribution in [1.82, 2.24) is 34.9 Å². The van der Waals surface area contributed by atoms with Crippen LogP contribution >= 0.6 is 0 Å². The summed E-state index contributed by atoms with van der Waals surface area (Å²) in [6.07, 6.45) is 8.15. The zero-order valence-corrected chi connectivity index (χ0v) is 17.3. The maximum absolute atomic E-state index is 14.5. The molecule has 0 spiro atoms. The Bertz CT molecular complexity index is 1280. The van der Waals surface area contributed by atoms with Gasteiger partial charge in [-0.1, -0.05) is 5.21 Å². The first-order valence-corrected chi connectivity index (χ1v) is 10.9. The molecular weight excluding hydrogens is 414 g/mol. The summed E-state index contributed by atoms with van der Waals surface area (Å²) in [5.74, 6) is -0.125. The molecule has 10 heteroatoms. The number of anilines is 1. The van der Waals surface area contributed by atoms with Crippen molar-refractivity contribution in [2.45, 2.75) is 31.3 Å². The third-order valence-corrected chi connectivity index (χ3v) is 6.41. The largest absolute Gasteiger partial charge is 0.349 e. The minimum Gasteiger partial charge on any atom is -0.349 e. The summed E-state index contributed by atoms with van der Waals surface area (Å²) in [7, 11) is 0. The molecule has 164 valence electrons. The van der Waals surface area contributed by atoms with E-state index in [4.69, 9.17) is 4.98 Å². The van der Waals surface area contributed by atoms with Gasteiger partial charge in [0.25, 0.3) is 0 Å². The van der Waals surface area contributed by atoms with Gasteiger partial charge in [0, 0.05) is 24.8 Å². The van der Waals surface area contributed by atoms with E-state index in [-0.39, 0.29) is 6.04 Å². The quantitative estimate of drug-likeness (QED) is 0.530. The third kappa shape index (κ3) is 3.22. The van der Waals surface area contributed by atoms with Crippen molar-refractivity contribution in [3.8, 4) is 11.3 Å². The molecule has 0 radical (unpaired) electrons. The molecule has 32 heavy (non-hydrogen) atoms. The topological polar surface area (TPSA) is 76.2 Å². The number of hydrogen-bond acceptors (Lipinski definition) is 6. The highest BCUT2D eigenvalue weighted by Crippen LogP contribution is 2.37. The molecule has 5 heterocycles. The molecule has 1 aromatic carbocycles. The maximum atomic E-state index is 14.5. The van der Waals surface area contributed by atoms with Crippen molar-refractivity contribution in [2.24, 2.45) is 0 Å². The second kappa shape index (κ2) is 7.63. The van der Waals surface area contributed by atoms with Crippen LogP contribution < -0.4 is 10.2 Å². The lowest BCUT2D eigenvalue weighted by Gasteiger charge is -2.26. The molecule has 6 rings (SSSR count). The summed E-state index contributed by atoms with van der Waals surface area (Å²) in [6, 6.07) is 5.53. The fraction of sp³-hybridized carbons (Fsp3) is 0.364. The molecule has 0 aliphatic carbocycles. The van der Waals surface area contributed by atoms with Gasteiger partial charge in [-0.15, -0.1) is 5.10 Å². The van der Waals surface area contributed by atoms with E-state index in [0.29, 0.717) is 28.8 Å². The highest BCUT2D eigenvalue weighted by Gasteiger charge is 2.30. The third-order valence-electron chi connectivity index (χ3n) is 6.41. The molecule has 1 N–H and O–H groups in total. The Labute approximate surface area is 182 Å². The van der Waals surface area contributed by atoms with Gasteiger partial charge in [0.1, 0.15) is 23.1 Å². The van der Waals surface area contributed by atoms with Gasteiger partial charge in [-0.2, -0.15) is 5.10 Å². The SMILES string of the molecule is Fc1ccc(F)c([C@H]2CCCN2c2ccn3ncc(-c4cn(C5CCNC5)nn4)c3n2)c1. The molecule has 0 amide bonds. The molecule has 8 nitrogen and oxygen atoms in total. The van der Waals surface area contributed by atoms with E-state index in [1.54, 1.807) is 10.7 Å². The molecule has 4 aromatic rings. The highest BCUT2D eigenvalue weighted by atomic mass is 19.1. The molecule has 1 unspecified atom stereocenters. The van der Waals surface area contributed by atoms with Crippen LogP contribution in [-0.2, 0) is 0 Å². The molecule has 2 atom stereocenters. The van der Waals surface area contributed by atoms with E-state index in [9.17, 15) is 8.78 Å². The van der Waals surface area contributed by atoms with E-state index in [1.165, 1.54) is 12.1 Å². The van der Waals surface area contributed by atoms with Crippen molar-refractivity contribution >= 4 is 11.5 Å². The van der Waals surface area contributed by atoms with Crippen LogP contribution in [0, 0.1) is 11.6 Å². The second-order valence-electron chi connectivity index (χ2n) is 8.36. The summed E-state index contributed by atoms with van der Waals surface area (Å²) in [6.45, 7) is 2.58. The van der Waals surface area contributed by atoms with Gasteiger partial charge in [-0.05, 0) is 50.1 Å². The van der Waals surface area contributed by atoms with Crippen LogP contribution in [0.2, 0.25) is 0 Å². The monoisotopic (exact) mass is 436 g/mol. The lowest BCUT2D eigenvalue weighted by molar-refractivity contribution is 0.476. The Morgan fingerprint density at radius 1 is 1.12 bits per heavy atom. The Morgan fingerprint density at radius 2 is 2.06 bits per heavy atom. The zero-order valence-electron chi connectivity index (χ0n) is 17.3. The number of rotatable bonds is 4. The van der Waals surface area contributed by atoms with Gasteiger partial charge in [-0.3, -0.25) is 0 Å². The minimum atomic E-state index is -0.435. The molecule has 0 bridgehead atoms. The number of benzene rings is 1. The fourth-order valence-electron chi connectivity index (χ4n) is 4.78. The lowest BCUT2D eigenvalue weighted by Crippen LogP contribution is -2.24. The smallest absolute Gasteiger partial charge is 0.166 e. The molecule has 2 saturated heterocycles. The molecule has 2 aliphatic heterocycles. The van der Waals surface area contributed by atoms with E-state index in [0.717, 1.165) is 50.5 Å². The van der Waals surface area contributed by atoms with Crippen molar-refractivity contribution in [1.29, 1.82) is 0 Å². The van der Waals surface area contributed by atoms with Gasteiger partial charge in [0.2, 0.25) is 0 Å². The van der Waals surface area contributed by atoms with E-state index in [1.807, 2.05) is 28.0 Å². The van der Waals surface area contributed by atoms with Gasteiger partial charge in [0.05, 0.1) is 30.0 Å². The Morgan fingerprint density at radius 3 is 2.94 bits per heavy atom. The first-order valence-electron chi connectivity index (χ1n) is 10.9. The summed E-state index contributed by atoms with van der Waals surface area (Å²) >= 11 is 0. The lowest BCUT2D eigenvalue weighted by atomic mass is 10.0. The first kappa shape index (κ1) is 19.3. The fourth-order valence-corrected chi connectivity index (χ4v) is 4.78. The van der Waals surface area contributed by atoms with E-state index < -0.39 is 11.6 Å². The average molecular weight is 436 g/mol. The van der Waals surface area contributed by atoms with Crippen LogP contribution in [0.15, 0.2) is 42.9 Å². The number of halogens is 2. The van der Waals surface area contributed by atoms with E-state index in [2.05, 4.69) is 20.7 Å². The van der Waals surface area contributed by atoms with Crippen molar-refractivity contribution < 1.29 is 8.78 Å². The second-order valence-corrected chi connectivity index (χ2v) is 8.36. The van der Waals surface area contributed by atoms with E-state index >= 15 is 0 Å². The number of aromatic nitrogens is 6. The van der Waals surface area contributed by atoms with Gasteiger partial charge >= 0.3 is 0 Å². The Balaban J connectivity index is 1.36. The van der Waals surface area contributed by atoms with Crippen LogP contribution in [0.25, 0.3) is 16.9 Å². The van der Waals surface area contributed by atoms with Crippen molar-refractivity contribution in [2.75, 3.05) is 24.5 Å². The summed E-state index contributed by atoms with van der Waals surface area (Å²) in [4.78, 5) is 6.89. The Hall–Kier alpha value is -3.40. The number of hydrogen-bond donors (Lipinski definition) is 1. The molecule has 0 saturated carbocycles. The average Bonchev–Trinajstić information content (AvgIpc) is 3.60. The summed E-state index contributed by atoms with van der Waals surface area (Å²) < 4.78 is 31.9. The number of nitrogens with one attached hydrogen (secondary N) is 1. The van der Waals surface area contributed by atoms with Crippen LogP contribution in [0.5, 0.6) is 0 Å². The predicted molar refractivity (Wildman–Crippen MR) is 114 cm³/mol. The van der Waals surface area contributed by atoms with Crippen LogP contribution in [0.3, 0.4) is 0 Å².